The fraction of sp³-hybridized carbons (Fsp3) is 0.667. The van der Waals surface area contributed by atoms with Crippen LogP contribution in [0, 0.1) is 5.92 Å². The molecule has 1 saturated carbocycles. The van der Waals surface area contributed by atoms with Gasteiger partial charge in [0, 0.05) is 24.0 Å². The van der Waals surface area contributed by atoms with E-state index in [1.54, 1.807) is 0 Å². The molecule has 1 aromatic heterocycles. The zero-order valence-electron chi connectivity index (χ0n) is 9.14. The van der Waals surface area contributed by atoms with Crippen LogP contribution in [0.2, 0.25) is 0 Å². The Kier molecular flexibility index (Phi) is 2.92. The van der Waals surface area contributed by atoms with Crippen molar-refractivity contribution in [1.82, 2.24) is 10.3 Å². The van der Waals surface area contributed by atoms with Gasteiger partial charge < -0.3 is 10.3 Å². The molecule has 0 aromatic carbocycles. The van der Waals surface area contributed by atoms with Gasteiger partial charge in [0.1, 0.15) is 0 Å². The zero-order valence-corrected chi connectivity index (χ0v) is 9.14. The summed E-state index contributed by atoms with van der Waals surface area (Å²) in [6.45, 7) is 5.51. The van der Waals surface area contributed by atoms with Gasteiger partial charge in [-0.2, -0.15) is 0 Å². The summed E-state index contributed by atoms with van der Waals surface area (Å²) in [5.41, 5.74) is 2.69. The van der Waals surface area contributed by atoms with Gasteiger partial charge >= 0.3 is 0 Å². The summed E-state index contributed by atoms with van der Waals surface area (Å²) in [5.74, 6) is 0.734. The first-order valence-electron chi connectivity index (χ1n) is 5.64. The highest BCUT2D eigenvalue weighted by Gasteiger charge is 2.20. The maximum atomic E-state index is 3.51. The van der Waals surface area contributed by atoms with Crippen molar-refractivity contribution in [2.45, 2.75) is 45.7 Å². The molecule has 0 aliphatic heterocycles. The van der Waals surface area contributed by atoms with Crippen molar-refractivity contribution in [3.63, 3.8) is 0 Å². The molecule has 78 valence electrons. The van der Waals surface area contributed by atoms with E-state index in [9.17, 15) is 0 Å². The molecule has 1 heterocycles. The Labute approximate surface area is 86.1 Å². The molecule has 14 heavy (non-hydrogen) atoms. The van der Waals surface area contributed by atoms with Crippen molar-refractivity contribution in [3.05, 3.63) is 23.5 Å². The predicted octanol–water partition coefficient (Wildman–Crippen LogP) is 2.47. The molecule has 1 aliphatic carbocycles. The van der Waals surface area contributed by atoms with Crippen LogP contribution < -0.4 is 5.32 Å². The van der Waals surface area contributed by atoms with E-state index in [0.29, 0.717) is 0 Å². The summed E-state index contributed by atoms with van der Waals surface area (Å²) < 4.78 is 0. The van der Waals surface area contributed by atoms with E-state index in [1.807, 2.05) is 0 Å². The first kappa shape index (κ1) is 9.78. The normalized spacial score (nSPS) is 16.5. The summed E-state index contributed by atoms with van der Waals surface area (Å²) in [7, 11) is 0. The standard InChI is InChI=1S/C12H20N2/c1-9(2)7-11-5-6-12(14-11)8-13-10-3-4-10/h5-6,9-10,13-14H,3-4,7-8H2,1-2H3. The van der Waals surface area contributed by atoms with Gasteiger partial charge in [0.05, 0.1) is 0 Å². The van der Waals surface area contributed by atoms with Crippen molar-refractivity contribution >= 4 is 0 Å². The fourth-order valence-corrected chi connectivity index (χ4v) is 1.69. The van der Waals surface area contributed by atoms with Crippen molar-refractivity contribution in [2.24, 2.45) is 5.92 Å². The lowest BCUT2D eigenvalue weighted by molar-refractivity contribution is 0.631. The lowest BCUT2D eigenvalue weighted by atomic mass is 10.1. The van der Waals surface area contributed by atoms with Crippen LogP contribution >= 0.6 is 0 Å². The molecule has 0 bridgehead atoms. The molecule has 2 nitrogen and oxygen atoms in total. The van der Waals surface area contributed by atoms with E-state index < -0.39 is 0 Å². The van der Waals surface area contributed by atoms with E-state index in [-0.39, 0.29) is 0 Å². The summed E-state index contributed by atoms with van der Waals surface area (Å²) in [4.78, 5) is 3.47. The number of aromatic nitrogens is 1. The average Bonchev–Trinajstić information content (AvgIpc) is 2.84. The number of hydrogen-bond donors (Lipinski definition) is 2. The molecule has 0 radical (unpaired) electrons. The van der Waals surface area contributed by atoms with E-state index in [0.717, 1.165) is 24.9 Å². The third-order valence-corrected chi connectivity index (χ3v) is 2.59. The molecular formula is C12H20N2. The van der Waals surface area contributed by atoms with Gasteiger partial charge in [0.2, 0.25) is 0 Å². The van der Waals surface area contributed by atoms with Crippen molar-refractivity contribution in [1.29, 1.82) is 0 Å². The molecule has 0 spiro atoms. The van der Waals surface area contributed by atoms with Crippen LogP contribution in [-0.4, -0.2) is 11.0 Å². The maximum Gasteiger partial charge on any atom is 0.0359 e. The van der Waals surface area contributed by atoms with Crippen LogP contribution in [0.3, 0.4) is 0 Å². The number of rotatable bonds is 5. The number of aromatic amines is 1. The monoisotopic (exact) mass is 192 g/mol. The summed E-state index contributed by atoms with van der Waals surface area (Å²) in [6.07, 6.45) is 3.88. The van der Waals surface area contributed by atoms with E-state index in [4.69, 9.17) is 0 Å². The molecule has 1 aliphatic rings. The van der Waals surface area contributed by atoms with Gasteiger partial charge in [0.15, 0.2) is 0 Å². The van der Waals surface area contributed by atoms with Crippen LogP contribution in [0.1, 0.15) is 38.1 Å². The van der Waals surface area contributed by atoms with E-state index in [1.165, 1.54) is 24.2 Å². The molecule has 0 unspecified atom stereocenters. The molecule has 1 fully saturated rings. The lowest BCUT2D eigenvalue weighted by Gasteiger charge is -2.02. The van der Waals surface area contributed by atoms with Gasteiger partial charge in [-0.25, -0.2) is 0 Å². The predicted molar refractivity (Wildman–Crippen MR) is 59.2 cm³/mol. The molecule has 2 N–H and O–H groups in total. The minimum atomic E-state index is 0.734. The Balaban J connectivity index is 1.81. The van der Waals surface area contributed by atoms with Crippen molar-refractivity contribution < 1.29 is 0 Å². The topological polar surface area (TPSA) is 27.8 Å². The number of nitrogens with one attached hydrogen (secondary N) is 2. The smallest absolute Gasteiger partial charge is 0.0359 e. The highest BCUT2D eigenvalue weighted by atomic mass is 15.0. The SMILES string of the molecule is CC(C)Cc1ccc(CNC2CC2)[nH]1. The molecule has 0 atom stereocenters. The Morgan fingerprint density at radius 3 is 2.71 bits per heavy atom. The van der Waals surface area contributed by atoms with E-state index >= 15 is 0 Å². The molecule has 2 heteroatoms. The first-order chi connectivity index (χ1) is 6.74. The summed E-state index contributed by atoms with van der Waals surface area (Å²) in [5, 5.41) is 3.51. The first-order valence-corrected chi connectivity index (χ1v) is 5.64. The minimum absolute atomic E-state index is 0.734. The van der Waals surface area contributed by atoms with E-state index in [2.05, 4.69) is 36.3 Å². The average molecular weight is 192 g/mol. The molecular weight excluding hydrogens is 172 g/mol. The summed E-state index contributed by atoms with van der Waals surface area (Å²) >= 11 is 0. The molecule has 2 rings (SSSR count). The third kappa shape index (κ3) is 2.88. The molecule has 0 saturated heterocycles. The Morgan fingerprint density at radius 1 is 1.36 bits per heavy atom. The third-order valence-electron chi connectivity index (χ3n) is 2.59. The lowest BCUT2D eigenvalue weighted by Crippen LogP contribution is -2.15. The zero-order chi connectivity index (χ0) is 9.97. The molecule has 1 aromatic rings. The highest BCUT2D eigenvalue weighted by Crippen LogP contribution is 2.19. The van der Waals surface area contributed by atoms with Crippen LogP contribution in [0.5, 0.6) is 0 Å². The maximum absolute atomic E-state index is 3.51. The number of H-pyrrole nitrogens is 1. The van der Waals surface area contributed by atoms with Crippen LogP contribution in [0.25, 0.3) is 0 Å². The van der Waals surface area contributed by atoms with Crippen molar-refractivity contribution in [3.8, 4) is 0 Å². The fourth-order valence-electron chi connectivity index (χ4n) is 1.69. The minimum Gasteiger partial charge on any atom is -0.361 e. The Hall–Kier alpha value is -0.760. The highest BCUT2D eigenvalue weighted by molar-refractivity contribution is 5.13. The second-order valence-electron chi connectivity index (χ2n) is 4.76. The van der Waals surface area contributed by atoms with Gasteiger partial charge in [-0.1, -0.05) is 13.8 Å². The summed E-state index contributed by atoms with van der Waals surface area (Å²) in [6, 6.07) is 5.21. The largest absolute Gasteiger partial charge is 0.361 e. The number of hydrogen-bond acceptors (Lipinski definition) is 1. The van der Waals surface area contributed by atoms with Gasteiger partial charge in [0.25, 0.3) is 0 Å². The van der Waals surface area contributed by atoms with Gasteiger partial charge in [-0.3, -0.25) is 0 Å². The van der Waals surface area contributed by atoms with Gasteiger partial charge in [-0.15, -0.1) is 0 Å². The Morgan fingerprint density at radius 2 is 2.07 bits per heavy atom. The van der Waals surface area contributed by atoms with Gasteiger partial charge in [-0.05, 0) is 37.3 Å². The van der Waals surface area contributed by atoms with Crippen molar-refractivity contribution in [2.75, 3.05) is 0 Å². The second kappa shape index (κ2) is 4.18. The molecule has 0 amide bonds. The van der Waals surface area contributed by atoms with Crippen LogP contribution in [0.15, 0.2) is 12.1 Å². The quantitative estimate of drug-likeness (QED) is 0.737. The van der Waals surface area contributed by atoms with Crippen LogP contribution in [-0.2, 0) is 13.0 Å². The Bertz CT molecular complexity index is 284. The second-order valence-corrected chi connectivity index (χ2v) is 4.76. The van der Waals surface area contributed by atoms with Crippen LogP contribution in [0.4, 0.5) is 0 Å².